The number of benzene rings is 1. The molecule has 2 aliphatic rings. The van der Waals surface area contributed by atoms with Crippen molar-refractivity contribution in [3.63, 3.8) is 0 Å². The van der Waals surface area contributed by atoms with E-state index in [1.165, 1.54) is 0 Å². The Morgan fingerprint density at radius 3 is 2.71 bits per heavy atom. The number of rotatable bonds is 6. The third-order valence-electron chi connectivity index (χ3n) is 6.57. The quantitative estimate of drug-likeness (QED) is 0.670. The van der Waals surface area contributed by atoms with E-state index in [0.717, 1.165) is 31.7 Å². The van der Waals surface area contributed by atoms with Crippen LogP contribution in [-0.2, 0) is 0 Å². The summed E-state index contributed by atoms with van der Waals surface area (Å²) in [6.07, 6.45) is 2.41. The van der Waals surface area contributed by atoms with Gasteiger partial charge in [0.05, 0.1) is 16.1 Å². The van der Waals surface area contributed by atoms with Crippen molar-refractivity contribution in [1.29, 1.82) is 0 Å². The van der Waals surface area contributed by atoms with Gasteiger partial charge in [0.2, 0.25) is 5.92 Å². The second-order valence-corrected chi connectivity index (χ2v) is 9.19. The van der Waals surface area contributed by atoms with E-state index in [1.54, 1.807) is 6.07 Å². The molecule has 8 heteroatoms. The number of aromatic nitrogens is 1. The van der Waals surface area contributed by atoms with Crippen molar-refractivity contribution in [2.24, 2.45) is 11.8 Å². The zero-order valence-electron chi connectivity index (χ0n) is 17.4. The zero-order valence-corrected chi connectivity index (χ0v) is 18.2. The van der Waals surface area contributed by atoms with E-state index in [2.05, 4.69) is 10.2 Å². The molecule has 1 saturated carbocycles. The van der Waals surface area contributed by atoms with Gasteiger partial charge in [-0.25, -0.2) is 13.8 Å². The Morgan fingerprint density at radius 2 is 1.97 bits per heavy atom. The van der Waals surface area contributed by atoms with Gasteiger partial charge in [-0.1, -0.05) is 11.6 Å². The van der Waals surface area contributed by atoms with Crippen molar-refractivity contribution in [3.8, 4) is 0 Å². The van der Waals surface area contributed by atoms with Gasteiger partial charge in [-0.05, 0) is 61.8 Å². The first-order valence-electron chi connectivity index (χ1n) is 11.0. The second-order valence-electron chi connectivity index (χ2n) is 8.78. The number of alkyl halides is 2. The molecule has 1 aliphatic carbocycles. The summed E-state index contributed by atoms with van der Waals surface area (Å²) < 4.78 is 26.7. The lowest BCUT2D eigenvalue weighted by Crippen LogP contribution is -2.34. The second kappa shape index (κ2) is 9.25. The van der Waals surface area contributed by atoms with Crippen LogP contribution >= 0.6 is 11.6 Å². The van der Waals surface area contributed by atoms with Crippen molar-refractivity contribution in [2.75, 3.05) is 31.1 Å². The van der Waals surface area contributed by atoms with Gasteiger partial charge in [-0.3, -0.25) is 4.79 Å². The Bertz CT molecular complexity index is 946. The molecule has 0 radical (unpaired) electrons. The molecular formula is C23H28ClF2N3O2. The van der Waals surface area contributed by atoms with E-state index in [4.69, 9.17) is 21.7 Å². The Labute approximate surface area is 185 Å². The van der Waals surface area contributed by atoms with E-state index >= 15 is 0 Å². The molecule has 2 aromatic rings. The van der Waals surface area contributed by atoms with Crippen LogP contribution in [0.1, 0.15) is 48.9 Å². The summed E-state index contributed by atoms with van der Waals surface area (Å²) in [5.74, 6) is -1.50. The standard InChI is InChI=1S/C23H28ClF2N3O2/c24-18-2-3-19-17(1-4-20(28-19)29-11-7-16(14-29)8-12-30)21(18)22(31)27-13-15-5-9-23(25,26)10-6-15/h1-4,15-16,30H,5-14H2,(H,27,31)/t16-/m0/s1. The lowest BCUT2D eigenvalue weighted by atomic mass is 9.87. The lowest BCUT2D eigenvalue weighted by molar-refractivity contribution is -0.0452. The van der Waals surface area contributed by atoms with E-state index in [9.17, 15) is 13.6 Å². The highest BCUT2D eigenvalue weighted by molar-refractivity contribution is 6.35. The molecule has 1 aliphatic heterocycles. The fourth-order valence-electron chi connectivity index (χ4n) is 4.66. The Morgan fingerprint density at radius 1 is 1.19 bits per heavy atom. The highest BCUT2D eigenvalue weighted by Gasteiger charge is 2.35. The molecule has 168 valence electrons. The third-order valence-corrected chi connectivity index (χ3v) is 6.88. The van der Waals surface area contributed by atoms with Gasteiger partial charge < -0.3 is 15.3 Å². The van der Waals surface area contributed by atoms with E-state index in [-0.39, 0.29) is 31.3 Å². The van der Waals surface area contributed by atoms with Gasteiger partial charge in [-0.2, -0.15) is 0 Å². The largest absolute Gasteiger partial charge is 0.396 e. The van der Waals surface area contributed by atoms with E-state index in [1.807, 2.05) is 18.2 Å². The normalized spacial score (nSPS) is 21.5. The van der Waals surface area contributed by atoms with Crippen LogP contribution in [0, 0.1) is 11.8 Å². The van der Waals surface area contributed by atoms with Crippen LogP contribution in [0.4, 0.5) is 14.6 Å². The third kappa shape index (κ3) is 5.09. The average molecular weight is 452 g/mol. The van der Waals surface area contributed by atoms with Crippen molar-refractivity contribution >= 4 is 34.2 Å². The molecule has 1 atom stereocenters. The molecule has 1 amide bonds. The first-order chi connectivity index (χ1) is 14.9. The molecule has 0 spiro atoms. The fourth-order valence-corrected chi connectivity index (χ4v) is 4.91. The summed E-state index contributed by atoms with van der Waals surface area (Å²) in [7, 11) is 0. The van der Waals surface area contributed by atoms with Gasteiger partial charge in [0.1, 0.15) is 5.82 Å². The average Bonchev–Trinajstić information content (AvgIpc) is 3.21. The number of carbonyl (C=O) groups excluding carboxylic acids is 1. The summed E-state index contributed by atoms with van der Waals surface area (Å²) >= 11 is 6.36. The smallest absolute Gasteiger partial charge is 0.253 e. The molecule has 1 aromatic heterocycles. The van der Waals surface area contributed by atoms with Crippen LogP contribution in [0.2, 0.25) is 5.02 Å². The maximum absolute atomic E-state index is 13.3. The number of hydrogen-bond donors (Lipinski definition) is 2. The Hall–Kier alpha value is -1.99. The molecule has 1 aromatic carbocycles. The summed E-state index contributed by atoms with van der Waals surface area (Å²) in [6.45, 7) is 2.32. The van der Waals surface area contributed by atoms with Crippen molar-refractivity contribution < 1.29 is 18.7 Å². The highest BCUT2D eigenvalue weighted by Crippen LogP contribution is 2.36. The van der Waals surface area contributed by atoms with Gasteiger partial charge >= 0.3 is 0 Å². The topological polar surface area (TPSA) is 65.5 Å². The van der Waals surface area contributed by atoms with E-state index in [0.29, 0.717) is 46.8 Å². The van der Waals surface area contributed by atoms with Crippen LogP contribution in [0.15, 0.2) is 24.3 Å². The summed E-state index contributed by atoms with van der Waals surface area (Å²) in [4.78, 5) is 19.8. The number of nitrogens with zero attached hydrogens (tertiary/aromatic N) is 2. The summed E-state index contributed by atoms with van der Waals surface area (Å²) in [6, 6.07) is 7.26. The van der Waals surface area contributed by atoms with Crippen LogP contribution in [-0.4, -0.2) is 48.2 Å². The van der Waals surface area contributed by atoms with E-state index < -0.39 is 5.92 Å². The molecule has 4 rings (SSSR count). The number of aliphatic hydroxyl groups is 1. The first kappa shape index (κ1) is 22.2. The molecule has 2 fully saturated rings. The predicted molar refractivity (Wildman–Crippen MR) is 118 cm³/mol. The van der Waals surface area contributed by atoms with Gasteiger partial charge in [0.15, 0.2) is 0 Å². The van der Waals surface area contributed by atoms with Crippen molar-refractivity contribution in [3.05, 3.63) is 34.9 Å². The van der Waals surface area contributed by atoms with Crippen LogP contribution in [0.5, 0.6) is 0 Å². The SMILES string of the molecule is O=C(NCC1CCC(F)(F)CC1)c1c(Cl)ccc2nc(N3CC[C@@H](CCO)C3)ccc12. The first-order valence-corrected chi connectivity index (χ1v) is 11.4. The fraction of sp³-hybridized carbons (Fsp3) is 0.565. The Kier molecular flexibility index (Phi) is 6.63. The van der Waals surface area contributed by atoms with Gasteiger partial charge in [0.25, 0.3) is 5.91 Å². The molecule has 5 nitrogen and oxygen atoms in total. The van der Waals surface area contributed by atoms with Gasteiger partial charge in [0, 0.05) is 44.5 Å². The van der Waals surface area contributed by atoms with Crippen molar-refractivity contribution in [1.82, 2.24) is 10.3 Å². The number of halogens is 3. The predicted octanol–water partition coefficient (Wildman–Crippen LogP) is 4.65. The minimum Gasteiger partial charge on any atom is -0.396 e. The number of carbonyl (C=O) groups is 1. The highest BCUT2D eigenvalue weighted by atomic mass is 35.5. The number of nitrogens with one attached hydrogen (secondary N) is 1. The molecule has 2 heterocycles. The lowest BCUT2D eigenvalue weighted by Gasteiger charge is -2.28. The number of aliphatic hydroxyl groups excluding tert-OH is 1. The van der Waals surface area contributed by atoms with Crippen LogP contribution in [0.25, 0.3) is 10.9 Å². The monoisotopic (exact) mass is 451 g/mol. The maximum atomic E-state index is 13.3. The minimum absolute atomic E-state index is 0.0593. The molecular weight excluding hydrogens is 424 g/mol. The molecule has 0 unspecified atom stereocenters. The molecule has 0 bridgehead atoms. The maximum Gasteiger partial charge on any atom is 0.253 e. The van der Waals surface area contributed by atoms with Gasteiger partial charge in [-0.15, -0.1) is 0 Å². The number of anilines is 1. The Balaban J connectivity index is 1.47. The summed E-state index contributed by atoms with van der Waals surface area (Å²) in [5, 5.41) is 13.1. The molecule has 31 heavy (non-hydrogen) atoms. The van der Waals surface area contributed by atoms with Crippen molar-refractivity contribution in [2.45, 2.75) is 44.4 Å². The number of fused-ring (bicyclic) bond motifs is 1. The number of hydrogen-bond acceptors (Lipinski definition) is 4. The number of pyridine rings is 1. The van der Waals surface area contributed by atoms with Crippen LogP contribution in [0.3, 0.4) is 0 Å². The zero-order chi connectivity index (χ0) is 22.0. The minimum atomic E-state index is -2.57. The summed E-state index contributed by atoms with van der Waals surface area (Å²) in [5.41, 5.74) is 1.06. The van der Waals surface area contributed by atoms with Crippen LogP contribution < -0.4 is 10.2 Å². The number of amides is 1. The molecule has 1 saturated heterocycles. The molecule has 2 N–H and O–H groups in total.